The highest BCUT2D eigenvalue weighted by atomic mass is 16.5. The van der Waals surface area contributed by atoms with Crippen LogP contribution in [0.3, 0.4) is 0 Å². The van der Waals surface area contributed by atoms with Crippen molar-refractivity contribution in [2.75, 3.05) is 6.54 Å². The lowest BCUT2D eigenvalue weighted by Gasteiger charge is -2.34. The highest BCUT2D eigenvalue weighted by molar-refractivity contribution is 5.27. The molecule has 1 aromatic carbocycles. The molecule has 18 heavy (non-hydrogen) atoms. The minimum atomic E-state index is 0.297. The molecule has 1 fully saturated rings. The van der Waals surface area contributed by atoms with Crippen molar-refractivity contribution in [2.45, 2.75) is 45.6 Å². The Bertz CT molecular complexity index is 360. The Morgan fingerprint density at radius 3 is 2.56 bits per heavy atom. The van der Waals surface area contributed by atoms with E-state index in [9.17, 15) is 0 Å². The van der Waals surface area contributed by atoms with E-state index in [0.717, 1.165) is 31.1 Å². The molecule has 0 amide bonds. The molecule has 1 saturated carbocycles. The molecule has 100 valence electrons. The van der Waals surface area contributed by atoms with E-state index < -0.39 is 0 Å². The highest BCUT2D eigenvalue weighted by Gasteiger charge is 2.29. The Morgan fingerprint density at radius 2 is 1.94 bits per heavy atom. The van der Waals surface area contributed by atoms with Crippen LogP contribution in [0.15, 0.2) is 24.3 Å². The molecule has 1 aromatic rings. The quantitative estimate of drug-likeness (QED) is 0.885. The molecule has 0 aliphatic heterocycles. The maximum Gasteiger partial charge on any atom is 0.119 e. The Morgan fingerprint density at radius 1 is 1.22 bits per heavy atom. The van der Waals surface area contributed by atoms with Crippen molar-refractivity contribution >= 4 is 0 Å². The van der Waals surface area contributed by atoms with Crippen molar-refractivity contribution in [3.63, 3.8) is 0 Å². The van der Waals surface area contributed by atoms with Gasteiger partial charge in [0.25, 0.3) is 0 Å². The van der Waals surface area contributed by atoms with Gasteiger partial charge < -0.3 is 10.5 Å². The number of hydrogen-bond acceptors (Lipinski definition) is 2. The van der Waals surface area contributed by atoms with Crippen LogP contribution < -0.4 is 10.5 Å². The van der Waals surface area contributed by atoms with E-state index >= 15 is 0 Å². The van der Waals surface area contributed by atoms with Crippen molar-refractivity contribution in [3.8, 4) is 5.75 Å². The number of benzene rings is 1. The molecule has 0 aromatic heterocycles. The summed E-state index contributed by atoms with van der Waals surface area (Å²) >= 11 is 0. The van der Waals surface area contributed by atoms with Crippen LogP contribution in [-0.2, 0) is 6.42 Å². The first-order valence-corrected chi connectivity index (χ1v) is 7.18. The average Bonchev–Trinajstić information content (AvgIpc) is 2.40. The zero-order valence-corrected chi connectivity index (χ0v) is 11.6. The molecule has 2 nitrogen and oxygen atoms in total. The van der Waals surface area contributed by atoms with Gasteiger partial charge in [0.1, 0.15) is 11.9 Å². The van der Waals surface area contributed by atoms with Crippen LogP contribution in [0.5, 0.6) is 5.75 Å². The summed E-state index contributed by atoms with van der Waals surface area (Å²) in [6, 6.07) is 8.48. The van der Waals surface area contributed by atoms with Crippen molar-refractivity contribution in [3.05, 3.63) is 29.8 Å². The standard InChI is InChI=1S/C16H25NO/c1-3-13-5-8-15(9-6-13)18-16-10-12(2)4-7-14(16)11-17/h5-6,8-9,12,14,16H,3-4,7,10-11,17H2,1-2H3. The lowest BCUT2D eigenvalue weighted by molar-refractivity contribution is 0.0742. The summed E-state index contributed by atoms with van der Waals surface area (Å²) in [6.45, 7) is 5.22. The van der Waals surface area contributed by atoms with Gasteiger partial charge in [0.2, 0.25) is 0 Å². The minimum Gasteiger partial charge on any atom is -0.490 e. The van der Waals surface area contributed by atoms with Gasteiger partial charge in [0.05, 0.1) is 0 Å². The molecule has 2 heteroatoms. The third-order valence-electron chi connectivity index (χ3n) is 4.11. The lowest BCUT2D eigenvalue weighted by Crippen LogP contribution is -2.37. The van der Waals surface area contributed by atoms with Gasteiger partial charge in [-0.25, -0.2) is 0 Å². The van der Waals surface area contributed by atoms with Gasteiger partial charge in [-0.05, 0) is 49.4 Å². The SMILES string of the molecule is CCc1ccc(OC2CC(C)CCC2CN)cc1. The average molecular weight is 247 g/mol. The Hall–Kier alpha value is -1.02. The molecule has 0 radical (unpaired) electrons. The summed E-state index contributed by atoms with van der Waals surface area (Å²) in [5, 5.41) is 0. The second-order valence-corrected chi connectivity index (χ2v) is 5.57. The fraction of sp³-hybridized carbons (Fsp3) is 0.625. The summed E-state index contributed by atoms with van der Waals surface area (Å²) in [5.74, 6) is 2.27. The largest absolute Gasteiger partial charge is 0.490 e. The van der Waals surface area contributed by atoms with Gasteiger partial charge in [0.15, 0.2) is 0 Å². The van der Waals surface area contributed by atoms with E-state index in [0.29, 0.717) is 12.0 Å². The van der Waals surface area contributed by atoms with E-state index in [4.69, 9.17) is 10.5 Å². The molecule has 0 bridgehead atoms. The number of aryl methyl sites for hydroxylation is 1. The molecule has 2 N–H and O–H groups in total. The first kappa shape index (κ1) is 13.4. The van der Waals surface area contributed by atoms with Gasteiger partial charge >= 0.3 is 0 Å². The zero-order valence-electron chi connectivity index (χ0n) is 11.6. The van der Waals surface area contributed by atoms with Gasteiger partial charge in [-0.2, -0.15) is 0 Å². The van der Waals surface area contributed by atoms with E-state index in [-0.39, 0.29) is 0 Å². The van der Waals surface area contributed by atoms with Crippen LogP contribution >= 0.6 is 0 Å². The Labute approximate surface area is 111 Å². The molecular weight excluding hydrogens is 222 g/mol. The topological polar surface area (TPSA) is 35.2 Å². The monoisotopic (exact) mass is 247 g/mol. The fourth-order valence-electron chi connectivity index (χ4n) is 2.78. The zero-order chi connectivity index (χ0) is 13.0. The van der Waals surface area contributed by atoms with Gasteiger partial charge in [-0.3, -0.25) is 0 Å². The van der Waals surface area contributed by atoms with E-state index in [1.807, 2.05) is 0 Å². The molecular formula is C16H25NO. The molecule has 1 aliphatic carbocycles. The molecule has 0 heterocycles. The second-order valence-electron chi connectivity index (χ2n) is 5.57. The molecule has 0 spiro atoms. The van der Waals surface area contributed by atoms with Crippen LogP contribution in [0.1, 0.15) is 38.7 Å². The number of nitrogens with two attached hydrogens (primary N) is 1. The predicted molar refractivity (Wildman–Crippen MR) is 75.8 cm³/mol. The second kappa shape index (κ2) is 6.24. The van der Waals surface area contributed by atoms with Crippen LogP contribution in [0.2, 0.25) is 0 Å². The smallest absolute Gasteiger partial charge is 0.119 e. The van der Waals surface area contributed by atoms with Crippen molar-refractivity contribution < 1.29 is 4.74 Å². The normalized spacial score (nSPS) is 28.1. The van der Waals surface area contributed by atoms with Gasteiger partial charge in [-0.1, -0.05) is 32.4 Å². The van der Waals surface area contributed by atoms with Crippen molar-refractivity contribution in [1.29, 1.82) is 0 Å². The number of ether oxygens (including phenoxy) is 1. The van der Waals surface area contributed by atoms with Crippen molar-refractivity contribution in [2.24, 2.45) is 17.6 Å². The molecule has 2 rings (SSSR count). The lowest BCUT2D eigenvalue weighted by atomic mass is 9.80. The third kappa shape index (κ3) is 3.26. The van der Waals surface area contributed by atoms with E-state index in [2.05, 4.69) is 38.1 Å². The fourth-order valence-corrected chi connectivity index (χ4v) is 2.78. The molecule has 1 aliphatic rings. The van der Waals surface area contributed by atoms with Crippen molar-refractivity contribution in [1.82, 2.24) is 0 Å². The van der Waals surface area contributed by atoms with Crippen LogP contribution in [0.25, 0.3) is 0 Å². The van der Waals surface area contributed by atoms with Crippen LogP contribution in [-0.4, -0.2) is 12.6 Å². The summed E-state index contributed by atoms with van der Waals surface area (Å²) in [4.78, 5) is 0. The Balaban J connectivity index is 2.01. The molecule has 3 unspecified atom stereocenters. The molecule has 3 atom stereocenters. The number of rotatable bonds is 4. The predicted octanol–water partition coefficient (Wildman–Crippen LogP) is 3.39. The first-order valence-electron chi connectivity index (χ1n) is 7.18. The number of hydrogen-bond donors (Lipinski definition) is 1. The van der Waals surface area contributed by atoms with Gasteiger partial charge in [0, 0.05) is 5.92 Å². The summed E-state index contributed by atoms with van der Waals surface area (Å²) in [6.07, 6.45) is 5.00. The maximum absolute atomic E-state index is 6.15. The van der Waals surface area contributed by atoms with Crippen LogP contribution in [0, 0.1) is 11.8 Å². The highest BCUT2D eigenvalue weighted by Crippen LogP contribution is 2.31. The van der Waals surface area contributed by atoms with Crippen LogP contribution in [0.4, 0.5) is 0 Å². The van der Waals surface area contributed by atoms with Gasteiger partial charge in [-0.15, -0.1) is 0 Å². The van der Waals surface area contributed by atoms with E-state index in [1.54, 1.807) is 0 Å². The minimum absolute atomic E-state index is 0.297. The summed E-state index contributed by atoms with van der Waals surface area (Å²) in [5.41, 5.74) is 7.21. The Kier molecular flexibility index (Phi) is 4.65. The molecule has 0 saturated heterocycles. The third-order valence-corrected chi connectivity index (χ3v) is 4.11. The van der Waals surface area contributed by atoms with E-state index in [1.165, 1.54) is 18.4 Å². The maximum atomic E-state index is 6.15. The summed E-state index contributed by atoms with van der Waals surface area (Å²) in [7, 11) is 0. The summed E-state index contributed by atoms with van der Waals surface area (Å²) < 4.78 is 6.15. The first-order chi connectivity index (χ1) is 8.72.